The molecule has 242 valence electrons. The number of carbonyl (C=O) groups is 1. The first-order valence-electron chi connectivity index (χ1n) is 13.8. The van der Waals surface area contributed by atoms with E-state index in [1.165, 1.54) is 19.1 Å². The number of nitrogens with two attached hydrogens (primary N) is 1. The van der Waals surface area contributed by atoms with E-state index in [0.717, 1.165) is 17.8 Å². The number of ether oxygens (including phenoxy) is 3. The average molecular weight is 643 g/mol. The maximum absolute atomic E-state index is 16.3. The van der Waals surface area contributed by atoms with Crippen LogP contribution in [-0.4, -0.2) is 74.1 Å². The molecule has 0 radical (unpaired) electrons. The van der Waals surface area contributed by atoms with E-state index in [4.69, 9.17) is 29.0 Å². The SMILES string of the molecule is CCOc1nc(N)nc2c1ncn2[C@H]1O[C@](F)(COP(=O)(NC(C)C(=O)OCC(C)(C)C)Oc2ccccc2)[C@@H](O)[C@@]1(C)F. The number of hydrogen-bond donors (Lipinski definition) is 3. The van der Waals surface area contributed by atoms with E-state index < -0.39 is 50.2 Å². The third kappa shape index (κ3) is 7.26. The molecule has 4 N–H and O–H groups in total. The summed E-state index contributed by atoms with van der Waals surface area (Å²) < 4.78 is 74.3. The Labute approximate surface area is 252 Å². The molecule has 17 heteroatoms. The number of hydrogen-bond acceptors (Lipinski definition) is 12. The Balaban J connectivity index is 1.59. The number of esters is 1. The number of aliphatic hydroxyl groups is 1. The summed E-state index contributed by atoms with van der Waals surface area (Å²) in [6.07, 6.45) is -3.19. The molecule has 1 saturated heterocycles. The topological polar surface area (TPSA) is 182 Å². The number of benzene rings is 1. The molecular formula is C27H37F2N6O8P. The predicted molar refractivity (Wildman–Crippen MR) is 154 cm³/mol. The lowest BCUT2D eigenvalue weighted by atomic mass is 9.97. The fraction of sp³-hybridized carbons (Fsp3) is 0.556. The molecule has 1 aromatic carbocycles. The molecule has 2 aromatic heterocycles. The summed E-state index contributed by atoms with van der Waals surface area (Å²) in [5.74, 6) is -4.19. The van der Waals surface area contributed by atoms with Crippen molar-refractivity contribution in [3.8, 4) is 11.6 Å². The van der Waals surface area contributed by atoms with E-state index in [1.807, 2.05) is 20.8 Å². The smallest absolute Gasteiger partial charge is 0.459 e. The fourth-order valence-electron chi connectivity index (χ4n) is 4.26. The van der Waals surface area contributed by atoms with Crippen molar-refractivity contribution in [1.82, 2.24) is 24.6 Å². The van der Waals surface area contributed by atoms with Crippen LogP contribution in [-0.2, 0) is 23.4 Å². The molecule has 0 amide bonds. The van der Waals surface area contributed by atoms with Gasteiger partial charge in [-0.2, -0.15) is 15.1 Å². The second kappa shape index (κ2) is 12.5. The summed E-state index contributed by atoms with van der Waals surface area (Å²) in [6, 6.07) is 6.52. The van der Waals surface area contributed by atoms with Crippen LogP contribution < -0.4 is 20.1 Å². The van der Waals surface area contributed by atoms with E-state index in [-0.39, 0.29) is 47.4 Å². The van der Waals surface area contributed by atoms with Crippen molar-refractivity contribution in [1.29, 1.82) is 0 Å². The van der Waals surface area contributed by atoms with Gasteiger partial charge in [0, 0.05) is 0 Å². The standard InChI is InChI=1S/C27H37F2N6O8P/c1-7-39-20-18-19(32-24(30)33-20)35(15-31-18)23-26(6,28)22(37)27(29,42-23)14-41-44(38,43-17-11-9-8-10-12-17)34-16(2)21(36)40-13-25(3,4)5/h8-12,15-16,22-23,37H,7,13-14H2,1-6H3,(H,34,38)(H2,30,32,33)/t16?,22-,23-,26+,27+,44?/m0/s1. The van der Waals surface area contributed by atoms with Gasteiger partial charge in [0.15, 0.2) is 29.2 Å². The van der Waals surface area contributed by atoms with E-state index >= 15 is 8.78 Å². The largest absolute Gasteiger partial charge is 0.476 e. The quantitative estimate of drug-likeness (QED) is 0.191. The molecule has 44 heavy (non-hydrogen) atoms. The zero-order valence-corrected chi connectivity index (χ0v) is 26.1. The normalized spacial score (nSPS) is 25.8. The molecule has 1 fully saturated rings. The summed E-state index contributed by atoms with van der Waals surface area (Å²) in [5, 5.41) is 13.2. The minimum absolute atomic E-state index is 0.0166. The number of alkyl halides is 2. The number of aliphatic hydroxyl groups excluding tert-OH is 1. The Morgan fingerprint density at radius 2 is 1.95 bits per heavy atom. The van der Waals surface area contributed by atoms with Gasteiger partial charge in [0.1, 0.15) is 18.4 Å². The van der Waals surface area contributed by atoms with Gasteiger partial charge in [-0.3, -0.25) is 13.9 Å². The second-order valence-corrected chi connectivity index (χ2v) is 13.3. The van der Waals surface area contributed by atoms with E-state index in [9.17, 15) is 14.5 Å². The van der Waals surface area contributed by atoms with Gasteiger partial charge in [-0.25, -0.2) is 18.3 Å². The minimum Gasteiger partial charge on any atom is -0.476 e. The number of carbonyl (C=O) groups excluding carboxylic acids is 1. The molecule has 4 rings (SSSR count). The molecule has 0 spiro atoms. The summed E-state index contributed by atoms with van der Waals surface area (Å²) in [4.78, 5) is 24.8. The average Bonchev–Trinajstić information content (AvgIpc) is 3.43. The molecule has 3 aromatic rings. The number of para-hydroxylation sites is 1. The number of fused-ring (bicyclic) bond motifs is 1. The molecule has 0 bridgehead atoms. The summed E-state index contributed by atoms with van der Waals surface area (Å²) in [5.41, 5.74) is 2.70. The van der Waals surface area contributed by atoms with Gasteiger partial charge in [0.2, 0.25) is 11.8 Å². The molecule has 14 nitrogen and oxygen atoms in total. The zero-order chi connectivity index (χ0) is 32.5. The number of imidazole rings is 1. The Morgan fingerprint density at radius 1 is 1.27 bits per heavy atom. The van der Waals surface area contributed by atoms with Gasteiger partial charge in [-0.1, -0.05) is 39.0 Å². The summed E-state index contributed by atoms with van der Waals surface area (Å²) in [6.45, 7) is 8.55. The predicted octanol–water partition coefficient (Wildman–Crippen LogP) is 3.86. The van der Waals surface area contributed by atoms with Crippen LogP contribution in [0.1, 0.15) is 47.8 Å². The zero-order valence-electron chi connectivity index (χ0n) is 25.2. The second-order valence-electron chi connectivity index (χ2n) is 11.6. The molecular weight excluding hydrogens is 605 g/mol. The fourth-order valence-corrected chi connectivity index (χ4v) is 5.77. The number of nitrogen functional groups attached to an aromatic ring is 1. The van der Waals surface area contributed by atoms with Crippen LogP contribution in [0.25, 0.3) is 11.2 Å². The number of rotatable bonds is 12. The van der Waals surface area contributed by atoms with Crippen LogP contribution in [0.2, 0.25) is 0 Å². The Kier molecular flexibility index (Phi) is 9.52. The Hall–Kier alpha value is -3.43. The minimum atomic E-state index is -4.60. The molecule has 0 aliphatic carbocycles. The molecule has 0 saturated carbocycles. The molecule has 3 heterocycles. The number of aromatic nitrogens is 4. The van der Waals surface area contributed by atoms with Crippen molar-refractivity contribution in [2.24, 2.45) is 5.41 Å². The number of halogens is 2. The van der Waals surface area contributed by atoms with Crippen molar-refractivity contribution >= 4 is 30.8 Å². The number of nitrogens with one attached hydrogen (secondary N) is 1. The van der Waals surface area contributed by atoms with Crippen LogP contribution in [0, 0.1) is 5.41 Å². The molecule has 6 atom stereocenters. The van der Waals surface area contributed by atoms with Gasteiger partial charge < -0.3 is 29.6 Å². The van der Waals surface area contributed by atoms with Gasteiger partial charge in [-0.05, 0) is 38.3 Å². The van der Waals surface area contributed by atoms with Crippen molar-refractivity contribution in [2.45, 2.75) is 71.4 Å². The van der Waals surface area contributed by atoms with E-state index in [0.29, 0.717) is 0 Å². The number of anilines is 1. The third-order valence-corrected chi connectivity index (χ3v) is 8.05. The summed E-state index contributed by atoms with van der Waals surface area (Å²) >= 11 is 0. The van der Waals surface area contributed by atoms with Crippen LogP contribution in [0.3, 0.4) is 0 Å². The van der Waals surface area contributed by atoms with Gasteiger partial charge >= 0.3 is 13.7 Å². The monoisotopic (exact) mass is 642 g/mol. The lowest BCUT2D eigenvalue weighted by Crippen LogP contribution is -2.47. The van der Waals surface area contributed by atoms with E-state index in [2.05, 4.69) is 20.0 Å². The van der Waals surface area contributed by atoms with Crippen molar-refractivity contribution in [3.63, 3.8) is 0 Å². The van der Waals surface area contributed by atoms with E-state index in [1.54, 1.807) is 25.1 Å². The highest BCUT2D eigenvalue weighted by Gasteiger charge is 2.65. The highest BCUT2D eigenvalue weighted by atomic mass is 31.2. The molecule has 2 unspecified atom stereocenters. The van der Waals surface area contributed by atoms with Gasteiger partial charge in [0.05, 0.1) is 19.5 Å². The van der Waals surface area contributed by atoms with Crippen LogP contribution >= 0.6 is 7.75 Å². The molecule has 1 aliphatic rings. The highest BCUT2D eigenvalue weighted by Crippen LogP contribution is 2.52. The Bertz CT molecular complexity index is 1520. The van der Waals surface area contributed by atoms with Crippen LogP contribution in [0.5, 0.6) is 11.6 Å². The van der Waals surface area contributed by atoms with Crippen molar-refractivity contribution < 1.29 is 46.5 Å². The maximum atomic E-state index is 16.3. The van der Waals surface area contributed by atoms with Crippen molar-refractivity contribution in [2.75, 3.05) is 25.6 Å². The summed E-state index contributed by atoms with van der Waals surface area (Å²) in [7, 11) is -4.60. The lowest BCUT2D eigenvalue weighted by Gasteiger charge is -2.28. The van der Waals surface area contributed by atoms with Crippen LogP contribution in [0.15, 0.2) is 36.7 Å². The highest BCUT2D eigenvalue weighted by molar-refractivity contribution is 7.52. The molecule has 1 aliphatic heterocycles. The lowest BCUT2D eigenvalue weighted by molar-refractivity contribution is -0.202. The van der Waals surface area contributed by atoms with Crippen molar-refractivity contribution in [3.05, 3.63) is 36.7 Å². The van der Waals surface area contributed by atoms with Gasteiger partial charge in [-0.15, -0.1) is 0 Å². The maximum Gasteiger partial charge on any atom is 0.459 e. The van der Waals surface area contributed by atoms with Gasteiger partial charge in [0.25, 0.3) is 5.85 Å². The third-order valence-electron chi connectivity index (χ3n) is 6.43. The first-order chi connectivity index (χ1) is 20.5. The first kappa shape index (κ1) is 33.5. The first-order valence-corrected chi connectivity index (χ1v) is 15.3. The van der Waals surface area contributed by atoms with Crippen LogP contribution in [0.4, 0.5) is 14.7 Å². The Morgan fingerprint density at radius 3 is 2.59 bits per heavy atom. The number of nitrogens with zero attached hydrogens (tertiary/aromatic N) is 4.